The topological polar surface area (TPSA) is 109 Å². The first-order valence-corrected chi connectivity index (χ1v) is 12.6. The molecule has 5 atom stereocenters. The van der Waals surface area contributed by atoms with Crippen molar-refractivity contribution >= 4 is 23.1 Å². The number of aryl methyl sites for hydroxylation is 1. The Bertz CT molecular complexity index is 1210. The van der Waals surface area contributed by atoms with Gasteiger partial charge in [0, 0.05) is 5.41 Å². The van der Waals surface area contributed by atoms with Crippen LogP contribution < -0.4 is 0 Å². The molecule has 6 heteroatoms. The van der Waals surface area contributed by atoms with E-state index in [1.807, 2.05) is 33.8 Å². The molecule has 4 rings (SSSR count). The number of hydrogen-bond acceptors (Lipinski definition) is 6. The fourth-order valence-electron chi connectivity index (χ4n) is 8.06. The molecule has 2 N–H and O–H groups in total. The minimum atomic E-state index is -2.49. The predicted molar refractivity (Wildman–Crippen MR) is 131 cm³/mol. The number of Topliss-reactive ketones (excluding diaryl/α,β-unsaturated/α-hetero) is 4. The lowest BCUT2D eigenvalue weighted by Gasteiger charge is -2.62. The van der Waals surface area contributed by atoms with Crippen molar-refractivity contribution in [3.8, 4) is 5.75 Å². The maximum Gasteiger partial charge on any atom is 0.206 e. The SMILES string of the molecule is CCCc1ccc(O)c2c1C[C@@]1(C)C[C@@]3(C)[C@H](C(C)C)C(C)=C(C(C)=O)C(=O)[C@@]3(O)C(=O)C1C2=O. The second-order valence-corrected chi connectivity index (χ2v) is 11.8. The molecule has 0 aromatic heterocycles. The molecule has 6 nitrogen and oxygen atoms in total. The van der Waals surface area contributed by atoms with Gasteiger partial charge in [0.2, 0.25) is 5.78 Å². The fourth-order valence-corrected chi connectivity index (χ4v) is 8.06. The monoisotopic (exact) mass is 480 g/mol. The van der Waals surface area contributed by atoms with Crippen LogP contribution in [0.5, 0.6) is 5.75 Å². The highest BCUT2D eigenvalue weighted by atomic mass is 16.3. The van der Waals surface area contributed by atoms with Gasteiger partial charge in [-0.1, -0.05) is 52.7 Å². The summed E-state index contributed by atoms with van der Waals surface area (Å²) in [5.74, 6) is -4.70. The molecule has 0 aliphatic heterocycles. The van der Waals surface area contributed by atoms with Crippen molar-refractivity contribution in [1.82, 2.24) is 0 Å². The van der Waals surface area contributed by atoms with Gasteiger partial charge in [-0.2, -0.15) is 0 Å². The number of hydrogen-bond donors (Lipinski definition) is 2. The summed E-state index contributed by atoms with van der Waals surface area (Å²) < 4.78 is 0. The van der Waals surface area contributed by atoms with Crippen molar-refractivity contribution in [1.29, 1.82) is 0 Å². The molecule has 1 fully saturated rings. The average molecular weight is 481 g/mol. The Balaban J connectivity index is 2.00. The van der Waals surface area contributed by atoms with Gasteiger partial charge in [0.25, 0.3) is 0 Å². The lowest BCUT2D eigenvalue weighted by atomic mass is 9.40. The summed E-state index contributed by atoms with van der Waals surface area (Å²) in [6.07, 6.45) is 2.25. The van der Waals surface area contributed by atoms with Gasteiger partial charge in [-0.05, 0) is 67.6 Å². The summed E-state index contributed by atoms with van der Waals surface area (Å²) in [4.78, 5) is 54.4. The molecule has 0 heterocycles. The number of carbonyl (C=O) groups is 4. The van der Waals surface area contributed by atoms with E-state index in [0.29, 0.717) is 12.0 Å². The normalized spacial score (nSPS) is 34.6. The molecule has 3 aliphatic carbocycles. The van der Waals surface area contributed by atoms with E-state index in [9.17, 15) is 29.4 Å². The molecular formula is C29H36O6. The summed E-state index contributed by atoms with van der Waals surface area (Å²) in [6, 6.07) is 3.32. The zero-order valence-electron chi connectivity index (χ0n) is 21.7. The molecule has 1 aromatic carbocycles. The number of phenolic OH excluding ortho intramolecular Hbond substituents is 1. The maximum absolute atomic E-state index is 14.2. The zero-order valence-corrected chi connectivity index (χ0v) is 21.7. The highest BCUT2D eigenvalue weighted by Crippen LogP contribution is 2.64. The third kappa shape index (κ3) is 3.11. The van der Waals surface area contributed by atoms with E-state index in [-0.39, 0.29) is 29.2 Å². The van der Waals surface area contributed by atoms with Gasteiger partial charge < -0.3 is 10.2 Å². The molecule has 1 unspecified atom stereocenters. The highest BCUT2D eigenvalue weighted by molar-refractivity contribution is 6.33. The summed E-state index contributed by atoms with van der Waals surface area (Å²) >= 11 is 0. The first kappa shape index (κ1) is 25.5. The molecule has 35 heavy (non-hydrogen) atoms. The molecule has 188 valence electrons. The van der Waals surface area contributed by atoms with Crippen molar-refractivity contribution in [3.63, 3.8) is 0 Å². The van der Waals surface area contributed by atoms with Gasteiger partial charge in [0.1, 0.15) is 5.75 Å². The zero-order chi connectivity index (χ0) is 26.2. The minimum absolute atomic E-state index is 0.0619. The largest absolute Gasteiger partial charge is 0.507 e. The summed E-state index contributed by atoms with van der Waals surface area (Å²) in [7, 11) is 0. The number of allylic oxidation sites excluding steroid dienone is 1. The summed E-state index contributed by atoms with van der Waals surface area (Å²) in [5, 5.41) is 22.7. The van der Waals surface area contributed by atoms with Gasteiger partial charge >= 0.3 is 0 Å². The molecule has 1 saturated carbocycles. The van der Waals surface area contributed by atoms with Crippen molar-refractivity contribution in [3.05, 3.63) is 40.0 Å². The van der Waals surface area contributed by atoms with Crippen LogP contribution in [0.4, 0.5) is 0 Å². The van der Waals surface area contributed by atoms with Gasteiger partial charge in [-0.15, -0.1) is 0 Å². The van der Waals surface area contributed by atoms with Crippen LogP contribution in [-0.2, 0) is 27.2 Å². The first-order chi connectivity index (χ1) is 16.2. The van der Waals surface area contributed by atoms with E-state index in [4.69, 9.17) is 0 Å². The number of fused-ring (bicyclic) bond motifs is 3. The lowest BCUT2D eigenvalue weighted by molar-refractivity contribution is -0.192. The Labute approximate surface area is 206 Å². The van der Waals surface area contributed by atoms with Crippen LogP contribution in [0.2, 0.25) is 0 Å². The van der Waals surface area contributed by atoms with Crippen LogP contribution in [-0.4, -0.2) is 38.9 Å². The van der Waals surface area contributed by atoms with E-state index < -0.39 is 51.4 Å². The van der Waals surface area contributed by atoms with Crippen LogP contribution in [0.15, 0.2) is 23.3 Å². The van der Waals surface area contributed by atoms with Gasteiger partial charge in [0.05, 0.1) is 17.1 Å². The Morgan fingerprint density at radius 2 is 1.80 bits per heavy atom. The third-order valence-corrected chi connectivity index (χ3v) is 9.03. The van der Waals surface area contributed by atoms with E-state index in [0.717, 1.165) is 24.0 Å². The standard InChI is InChI=1S/C29H36O6/c1-8-9-17-10-11-19(31)21-18(17)12-27(6)13-28(7)22(14(2)3)15(4)20(16(5)30)25(33)29(28,35)26(34)23(27)24(21)32/h10-11,14,22-23,31,35H,8-9,12-13H2,1-7H3/t22-,23?,27+,28+,29-/m1/s1. The molecule has 0 spiro atoms. The molecule has 1 aromatic rings. The van der Waals surface area contributed by atoms with Crippen LogP contribution >= 0.6 is 0 Å². The van der Waals surface area contributed by atoms with E-state index in [1.165, 1.54) is 13.0 Å². The minimum Gasteiger partial charge on any atom is -0.507 e. The van der Waals surface area contributed by atoms with Crippen LogP contribution in [0, 0.1) is 28.6 Å². The molecule has 0 bridgehead atoms. The fraction of sp³-hybridized carbons (Fsp3) is 0.586. The van der Waals surface area contributed by atoms with E-state index in [1.54, 1.807) is 13.8 Å². The highest BCUT2D eigenvalue weighted by Gasteiger charge is 2.73. The van der Waals surface area contributed by atoms with Crippen molar-refractivity contribution in [2.24, 2.45) is 28.6 Å². The quantitative estimate of drug-likeness (QED) is 0.494. The Morgan fingerprint density at radius 3 is 2.34 bits per heavy atom. The third-order valence-electron chi connectivity index (χ3n) is 9.03. The summed E-state index contributed by atoms with van der Waals surface area (Å²) in [5.41, 5.74) is -2.19. The molecule has 3 aliphatic rings. The Hall–Kier alpha value is -2.60. The van der Waals surface area contributed by atoms with Crippen molar-refractivity contribution in [2.75, 3.05) is 0 Å². The van der Waals surface area contributed by atoms with E-state index >= 15 is 0 Å². The number of carbonyl (C=O) groups excluding carboxylic acids is 4. The Morgan fingerprint density at radius 1 is 1.17 bits per heavy atom. The molecule has 0 amide bonds. The van der Waals surface area contributed by atoms with Crippen LogP contribution in [0.1, 0.15) is 82.8 Å². The van der Waals surface area contributed by atoms with Gasteiger partial charge in [-0.25, -0.2) is 0 Å². The smallest absolute Gasteiger partial charge is 0.206 e. The number of phenols is 1. The number of aliphatic hydroxyl groups is 1. The number of benzene rings is 1. The Kier molecular flexibility index (Phi) is 5.79. The molecular weight excluding hydrogens is 444 g/mol. The predicted octanol–water partition coefficient (Wildman–Crippen LogP) is 4.18. The molecule has 0 radical (unpaired) electrons. The van der Waals surface area contributed by atoms with Gasteiger partial charge in [-0.3, -0.25) is 19.2 Å². The average Bonchev–Trinajstić information content (AvgIpc) is 2.72. The first-order valence-electron chi connectivity index (χ1n) is 12.6. The lowest BCUT2D eigenvalue weighted by Crippen LogP contribution is -2.73. The second kappa shape index (κ2) is 7.95. The van der Waals surface area contributed by atoms with Crippen molar-refractivity contribution in [2.45, 2.75) is 79.8 Å². The van der Waals surface area contributed by atoms with Crippen LogP contribution in [0.25, 0.3) is 0 Å². The van der Waals surface area contributed by atoms with Crippen LogP contribution in [0.3, 0.4) is 0 Å². The summed E-state index contributed by atoms with van der Waals surface area (Å²) in [6.45, 7) is 12.7. The molecule has 0 saturated heterocycles. The maximum atomic E-state index is 14.2. The van der Waals surface area contributed by atoms with Gasteiger partial charge in [0.15, 0.2) is 23.0 Å². The second-order valence-electron chi connectivity index (χ2n) is 11.8. The number of rotatable bonds is 4. The van der Waals surface area contributed by atoms with Crippen molar-refractivity contribution < 1.29 is 29.4 Å². The number of aromatic hydroxyl groups is 1. The number of ketones is 4. The van der Waals surface area contributed by atoms with E-state index in [2.05, 4.69) is 0 Å².